The van der Waals surface area contributed by atoms with Gasteiger partial charge in [-0.25, -0.2) is 23.4 Å². The molecule has 4 fully saturated rings. The number of nitrogens with one attached hydrogen (secondary N) is 1. The zero-order valence-corrected chi connectivity index (χ0v) is 22.3. The lowest BCUT2D eigenvalue weighted by Crippen LogP contribution is -2.48. The van der Waals surface area contributed by atoms with Crippen molar-refractivity contribution in [1.82, 2.24) is 19.3 Å². The molecule has 11 heteroatoms. The number of benzene rings is 1. The highest BCUT2D eigenvalue weighted by atomic mass is 32.2. The Bertz CT molecular complexity index is 1480. The Morgan fingerprint density at radius 2 is 1.87 bits per heavy atom. The molecule has 4 saturated heterocycles. The Morgan fingerprint density at radius 1 is 0.974 bits per heavy atom. The number of rotatable bonds is 6. The lowest BCUT2D eigenvalue weighted by Gasteiger charge is -2.35. The van der Waals surface area contributed by atoms with E-state index in [1.165, 1.54) is 6.26 Å². The summed E-state index contributed by atoms with van der Waals surface area (Å²) in [7, 11) is -3.15. The van der Waals surface area contributed by atoms with Gasteiger partial charge in [-0.1, -0.05) is 0 Å². The number of hydrogen-bond acceptors (Lipinski definition) is 9. The third-order valence-corrected chi connectivity index (χ3v) is 9.57. The SMILES string of the molecule is Cc1cc(Nc2nccc(-c3ccc(N4C[C@@H]5C[C@H]4CO5)nc3)n2)ccc1N1C[C@@H]2C[C@H]1CN2S(C)(=O)=O. The number of anilines is 4. The number of hydrogen-bond donors (Lipinski definition) is 1. The quantitative estimate of drug-likeness (QED) is 0.512. The number of aromatic nitrogens is 3. The predicted molar refractivity (Wildman–Crippen MR) is 146 cm³/mol. The van der Waals surface area contributed by atoms with Gasteiger partial charge in [-0.2, -0.15) is 4.31 Å². The van der Waals surface area contributed by atoms with Gasteiger partial charge in [0, 0.05) is 61.0 Å². The molecule has 0 amide bonds. The maximum atomic E-state index is 12.0. The van der Waals surface area contributed by atoms with Gasteiger partial charge in [-0.3, -0.25) is 0 Å². The number of sulfonamides is 1. The second-order valence-corrected chi connectivity index (χ2v) is 12.8. The van der Waals surface area contributed by atoms with Crippen LogP contribution >= 0.6 is 0 Å². The molecule has 3 aromatic rings. The molecule has 10 nitrogen and oxygen atoms in total. The van der Waals surface area contributed by atoms with Crippen LogP contribution < -0.4 is 15.1 Å². The highest BCUT2D eigenvalue weighted by Gasteiger charge is 2.47. The van der Waals surface area contributed by atoms with Gasteiger partial charge in [-0.05, 0) is 61.7 Å². The van der Waals surface area contributed by atoms with Gasteiger partial charge >= 0.3 is 0 Å². The second kappa shape index (κ2) is 8.89. The van der Waals surface area contributed by atoms with E-state index in [0.717, 1.165) is 66.6 Å². The van der Waals surface area contributed by atoms with E-state index in [2.05, 4.69) is 51.3 Å². The molecule has 0 unspecified atom stereocenters. The van der Waals surface area contributed by atoms with E-state index in [0.29, 0.717) is 24.6 Å². The lowest BCUT2D eigenvalue weighted by atomic mass is 10.1. The molecule has 38 heavy (non-hydrogen) atoms. The van der Waals surface area contributed by atoms with Gasteiger partial charge in [0.15, 0.2) is 0 Å². The van der Waals surface area contributed by atoms with E-state index >= 15 is 0 Å². The molecule has 0 radical (unpaired) electrons. The van der Waals surface area contributed by atoms with Gasteiger partial charge in [0.25, 0.3) is 0 Å². The van der Waals surface area contributed by atoms with Gasteiger partial charge < -0.3 is 19.9 Å². The van der Waals surface area contributed by atoms with Crippen LogP contribution in [0.5, 0.6) is 0 Å². The summed E-state index contributed by atoms with van der Waals surface area (Å²) in [6, 6.07) is 13.0. The normalized spacial score (nSPS) is 26.5. The van der Waals surface area contributed by atoms with Gasteiger partial charge in [0.1, 0.15) is 5.82 Å². The standard InChI is InChI=1S/C27H31N7O3S/c1-17-9-19(4-5-25(17)32-13-21-10-20(32)14-34(21)38(2,35)36)30-27-28-8-7-24(31-27)18-3-6-26(29-12-18)33-15-23-11-22(33)16-37-23/h3-9,12,20-23H,10-11,13-16H2,1-2H3,(H,28,30,31)/t20-,21-,22-,23-/m0/s1. The second-order valence-electron chi connectivity index (χ2n) is 10.8. The van der Waals surface area contributed by atoms with Crippen LogP contribution in [0, 0.1) is 6.92 Å². The maximum absolute atomic E-state index is 12.0. The van der Waals surface area contributed by atoms with Crippen LogP contribution in [0.25, 0.3) is 11.3 Å². The molecule has 1 aromatic carbocycles. The third-order valence-electron chi connectivity index (χ3n) is 8.27. The van der Waals surface area contributed by atoms with Crippen molar-refractivity contribution in [3.05, 3.63) is 54.4 Å². The van der Waals surface area contributed by atoms with Crippen LogP contribution in [-0.4, -0.2) is 84.4 Å². The molecular weight excluding hydrogens is 502 g/mol. The summed E-state index contributed by atoms with van der Waals surface area (Å²) in [5, 5.41) is 3.34. The van der Waals surface area contributed by atoms with Crippen molar-refractivity contribution in [3.63, 3.8) is 0 Å². The summed E-state index contributed by atoms with van der Waals surface area (Å²) in [5.74, 6) is 1.51. The molecule has 4 aliphatic rings. The number of fused-ring (bicyclic) bond motifs is 4. The van der Waals surface area contributed by atoms with Gasteiger partial charge in [0.2, 0.25) is 16.0 Å². The highest BCUT2D eigenvalue weighted by Crippen LogP contribution is 2.38. The van der Waals surface area contributed by atoms with Crippen LogP contribution in [0.4, 0.5) is 23.1 Å². The minimum atomic E-state index is -3.15. The zero-order valence-electron chi connectivity index (χ0n) is 21.5. The Hall–Kier alpha value is -3.28. The van der Waals surface area contributed by atoms with E-state index in [-0.39, 0.29) is 12.1 Å². The van der Waals surface area contributed by atoms with Crippen molar-refractivity contribution in [1.29, 1.82) is 0 Å². The van der Waals surface area contributed by atoms with Crippen molar-refractivity contribution in [2.75, 3.05) is 47.6 Å². The number of aryl methyl sites for hydroxylation is 1. The Labute approximate surface area is 222 Å². The Kier molecular flexibility index (Phi) is 5.57. The molecule has 198 valence electrons. The molecule has 4 aliphatic heterocycles. The number of morpholine rings is 1. The topological polar surface area (TPSA) is 104 Å². The molecule has 1 N–H and O–H groups in total. The minimum absolute atomic E-state index is 0.0615. The number of ether oxygens (including phenoxy) is 1. The number of pyridine rings is 1. The molecule has 6 heterocycles. The van der Waals surface area contributed by atoms with E-state index in [9.17, 15) is 8.42 Å². The lowest BCUT2D eigenvalue weighted by molar-refractivity contribution is 0.0989. The van der Waals surface area contributed by atoms with E-state index < -0.39 is 10.0 Å². The first kappa shape index (κ1) is 23.8. The number of nitrogens with zero attached hydrogens (tertiary/aromatic N) is 6. The molecule has 4 atom stereocenters. The zero-order chi connectivity index (χ0) is 26.0. The van der Waals surface area contributed by atoms with Crippen molar-refractivity contribution < 1.29 is 13.2 Å². The average Bonchev–Trinajstić information content (AvgIpc) is 3.70. The average molecular weight is 534 g/mol. The summed E-state index contributed by atoms with van der Waals surface area (Å²) in [5.41, 5.74) is 4.94. The maximum Gasteiger partial charge on any atom is 0.227 e. The first-order valence-electron chi connectivity index (χ1n) is 13.1. The molecule has 4 bridgehead atoms. The molecule has 7 rings (SSSR count). The van der Waals surface area contributed by atoms with Crippen LogP contribution in [0.1, 0.15) is 18.4 Å². The molecule has 0 aliphatic carbocycles. The van der Waals surface area contributed by atoms with E-state index in [1.807, 2.05) is 18.3 Å². The van der Waals surface area contributed by atoms with Crippen molar-refractivity contribution in [2.24, 2.45) is 0 Å². The van der Waals surface area contributed by atoms with Crippen LogP contribution in [0.3, 0.4) is 0 Å². The fraction of sp³-hybridized carbons (Fsp3) is 0.444. The Morgan fingerprint density at radius 3 is 2.53 bits per heavy atom. The van der Waals surface area contributed by atoms with Crippen molar-refractivity contribution in [3.8, 4) is 11.3 Å². The van der Waals surface area contributed by atoms with Crippen LogP contribution in [-0.2, 0) is 14.8 Å². The fourth-order valence-corrected chi connectivity index (χ4v) is 7.62. The van der Waals surface area contributed by atoms with Crippen molar-refractivity contribution >= 4 is 33.2 Å². The van der Waals surface area contributed by atoms with E-state index in [4.69, 9.17) is 14.7 Å². The van der Waals surface area contributed by atoms with Crippen LogP contribution in [0.15, 0.2) is 48.8 Å². The Balaban J connectivity index is 1.04. The molecule has 0 saturated carbocycles. The smallest absolute Gasteiger partial charge is 0.227 e. The summed E-state index contributed by atoms with van der Waals surface area (Å²) < 4.78 is 31.4. The van der Waals surface area contributed by atoms with Crippen molar-refractivity contribution in [2.45, 2.75) is 44.0 Å². The molecular formula is C27H31N7O3S. The first-order valence-corrected chi connectivity index (χ1v) is 15.0. The molecule has 2 aromatic heterocycles. The third kappa shape index (κ3) is 4.18. The highest BCUT2D eigenvalue weighted by molar-refractivity contribution is 7.88. The predicted octanol–water partition coefficient (Wildman–Crippen LogP) is 2.79. The minimum Gasteiger partial charge on any atom is -0.374 e. The van der Waals surface area contributed by atoms with Crippen LogP contribution in [0.2, 0.25) is 0 Å². The van der Waals surface area contributed by atoms with Gasteiger partial charge in [-0.15, -0.1) is 0 Å². The number of piperazine rings is 1. The largest absolute Gasteiger partial charge is 0.374 e. The van der Waals surface area contributed by atoms with E-state index in [1.54, 1.807) is 10.5 Å². The monoisotopic (exact) mass is 533 g/mol. The summed E-state index contributed by atoms with van der Waals surface area (Å²) >= 11 is 0. The summed E-state index contributed by atoms with van der Waals surface area (Å²) in [6.45, 7) is 5.08. The summed E-state index contributed by atoms with van der Waals surface area (Å²) in [6.07, 6.45) is 7.25. The first-order chi connectivity index (χ1) is 18.3. The fourth-order valence-electron chi connectivity index (χ4n) is 6.48. The summed E-state index contributed by atoms with van der Waals surface area (Å²) in [4.78, 5) is 18.5. The van der Waals surface area contributed by atoms with Gasteiger partial charge in [0.05, 0.1) is 30.7 Å². The molecule has 0 spiro atoms.